The van der Waals surface area contributed by atoms with Crippen LogP contribution in [0.15, 0.2) is 28.5 Å². The number of ether oxygens (including phenoxy) is 1. The minimum absolute atomic E-state index is 0.00647. The Morgan fingerprint density at radius 2 is 2.00 bits per heavy atom. The van der Waals surface area contributed by atoms with Crippen LogP contribution in [0, 0.1) is 6.92 Å². The lowest BCUT2D eigenvalue weighted by atomic mass is 10.2. The molecule has 0 aliphatic rings. The molecule has 1 heterocycles. The van der Waals surface area contributed by atoms with Crippen molar-refractivity contribution >= 4 is 38.9 Å². The lowest BCUT2D eigenvalue weighted by molar-refractivity contribution is 0.0468. The summed E-state index contributed by atoms with van der Waals surface area (Å²) in [5, 5.41) is 2.81. The van der Waals surface area contributed by atoms with Crippen molar-refractivity contribution < 1.29 is 17.9 Å². The number of aryl methyl sites for hydroxylation is 1. The van der Waals surface area contributed by atoms with Crippen molar-refractivity contribution in [3.8, 4) is 0 Å². The van der Waals surface area contributed by atoms with Gasteiger partial charge in [-0.05, 0) is 25.1 Å². The van der Waals surface area contributed by atoms with Gasteiger partial charge in [0.2, 0.25) is 10.0 Å². The second kappa shape index (κ2) is 8.27. The second-order valence-electron chi connectivity index (χ2n) is 5.16. The fourth-order valence-corrected chi connectivity index (χ4v) is 4.50. The quantitative estimate of drug-likeness (QED) is 0.662. The average molecular weight is 403 g/mol. The summed E-state index contributed by atoms with van der Waals surface area (Å²) in [7, 11) is -3.68. The molecule has 0 aliphatic heterocycles. The molecule has 9 heteroatoms. The highest BCUT2D eigenvalue weighted by Gasteiger charge is 2.24. The fourth-order valence-electron chi connectivity index (χ4n) is 2.23. The molecule has 0 amide bonds. The van der Waals surface area contributed by atoms with Crippen LogP contribution in [-0.2, 0) is 21.4 Å². The number of carbonyl (C=O) groups excluding carboxylic acids is 1. The molecule has 0 bridgehead atoms. The number of hydrogen-bond acceptors (Lipinski definition) is 6. The summed E-state index contributed by atoms with van der Waals surface area (Å²) in [4.78, 5) is 16.5. The third-order valence-corrected chi connectivity index (χ3v) is 6.72. The number of esters is 1. The van der Waals surface area contributed by atoms with E-state index in [0.717, 1.165) is 5.01 Å². The van der Waals surface area contributed by atoms with Crippen LogP contribution in [0.1, 0.15) is 34.9 Å². The normalized spacial score (nSPS) is 11.7. The average Bonchev–Trinajstić information content (AvgIpc) is 2.99. The molecule has 0 radical (unpaired) electrons. The number of sulfonamides is 1. The van der Waals surface area contributed by atoms with Crippen molar-refractivity contribution in [1.82, 2.24) is 9.29 Å². The lowest BCUT2D eigenvalue weighted by Gasteiger charge is -2.19. The third-order valence-electron chi connectivity index (χ3n) is 3.52. The van der Waals surface area contributed by atoms with Crippen molar-refractivity contribution in [3.63, 3.8) is 0 Å². The second-order valence-corrected chi connectivity index (χ2v) is 8.57. The number of nitrogens with zero attached hydrogens (tertiary/aromatic N) is 2. The van der Waals surface area contributed by atoms with E-state index in [9.17, 15) is 13.2 Å². The van der Waals surface area contributed by atoms with Gasteiger partial charge in [0.15, 0.2) is 0 Å². The van der Waals surface area contributed by atoms with Crippen molar-refractivity contribution in [2.24, 2.45) is 0 Å². The topological polar surface area (TPSA) is 76.6 Å². The monoisotopic (exact) mass is 402 g/mol. The molecule has 0 spiro atoms. The fraction of sp³-hybridized carbons (Fsp3) is 0.375. The Balaban J connectivity index is 2.24. The van der Waals surface area contributed by atoms with Gasteiger partial charge in [0.25, 0.3) is 0 Å². The van der Waals surface area contributed by atoms with E-state index in [-0.39, 0.29) is 22.1 Å². The summed E-state index contributed by atoms with van der Waals surface area (Å²) < 4.78 is 31.7. The number of rotatable bonds is 7. The zero-order valence-electron chi connectivity index (χ0n) is 14.2. The first-order valence-corrected chi connectivity index (χ1v) is 10.4. The highest BCUT2D eigenvalue weighted by atomic mass is 35.5. The summed E-state index contributed by atoms with van der Waals surface area (Å²) in [5.41, 5.74) is 0.653. The van der Waals surface area contributed by atoms with E-state index in [2.05, 4.69) is 4.98 Å². The molecule has 0 atom stereocenters. The van der Waals surface area contributed by atoms with Gasteiger partial charge in [0.05, 0.1) is 26.2 Å². The Bertz CT molecular complexity index is 861. The molecular formula is C16H19ClN2O4S2. The van der Waals surface area contributed by atoms with Crippen molar-refractivity contribution in [1.29, 1.82) is 0 Å². The molecule has 25 heavy (non-hydrogen) atoms. The zero-order chi connectivity index (χ0) is 18.6. The van der Waals surface area contributed by atoms with E-state index in [1.807, 2.05) is 6.92 Å². The molecule has 6 nitrogen and oxygen atoms in total. The first-order chi connectivity index (χ1) is 11.8. The Morgan fingerprint density at radius 1 is 1.32 bits per heavy atom. The number of thiazole rings is 1. The molecule has 0 saturated heterocycles. The van der Waals surface area contributed by atoms with E-state index in [1.165, 1.54) is 33.8 Å². The standard InChI is InChI=1S/C16H19ClN2O4S2/c1-4-19(5-2)25(21,22)13-6-7-15(17)14(8-13)16(20)23-9-12-10-24-11(3)18-12/h6-8,10H,4-5,9H2,1-3H3. The first-order valence-electron chi connectivity index (χ1n) is 7.67. The Morgan fingerprint density at radius 3 is 2.56 bits per heavy atom. The summed E-state index contributed by atoms with van der Waals surface area (Å²) in [5.74, 6) is -0.688. The van der Waals surface area contributed by atoms with Gasteiger partial charge >= 0.3 is 5.97 Å². The van der Waals surface area contributed by atoms with Crippen LogP contribution in [0.25, 0.3) is 0 Å². The van der Waals surface area contributed by atoms with Crippen LogP contribution in [0.5, 0.6) is 0 Å². The lowest BCUT2D eigenvalue weighted by Crippen LogP contribution is -2.30. The van der Waals surface area contributed by atoms with Crippen LogP contribution in [0.4, 0.5) is 0 Å². The van der Waals surface area contributed by atoms with Crippen molar-refractivity contribution in [2.45, 2.75) is 32.3 Å². The van der Waals surface area contributed by atoms with E-state index in [0.29, 0.717) is 18.8 Å². The minimum atomic E-state index is -3.68. The predicted octanol–water partition coefficient (Wildman–Crippen LogP) is 3.49. The number of hydrogen-bond donors (Lipinski definition) is 0. The first kappa shape index (κ1) is 19.8. The predicted molar refractivity (Wildman–Crippen MR) is 97.5 cm³/mol. The number of aromatic nitrogens is 1. The van der Waals surface area contributed by atoms with E-state index in [1.54, 1.807) is 19.2 Å². The Labute approximate surface area is 156 Å². The molecule has 0 saturated carbocycles. The molecule has 0 N–H and O–H groups in total. The number of benzene rings is 1. The smallest absolute Gasteiger partial charge is 0.340 e. The summed E-state index contributed by atoms with van der Waals surface area (Å²) in [6.07, 6.45) is 0. The Kier molecular flexibility index (Phi) is 6.56. The summed E-state index contributed by atoms with van der Waals surface area (Å²) in [6.45, 7) is 6.04. The van der Waals surface area contributed by atoms with Gasteiger partial charge in [0.1, 0.15) is 6.61 Å². The molecule has 1 aromatic carbocycles. The van der Waals surface area contributed by atoms with Crippen LogP contribution < -0.4 is 0 Å². The van der Waals surface area contributed by atoms with Crippen molar-refractivity contribution in [3.05, 3.63) is 44.9 Å². The minimum Gasteiger partial charge on any atom is -0.456 e. The van der Waals surface area contributed by atoms with E-state index < -0.39 is 16.0 Å². The molecule has 0 unspecified atom stereocenters. The maximum absolute atomic E-state index is 12.6. The molecule has 1 aromatic heterocycles. The molecule has 2 rings (SSSR count). The SMILES string of the molecule is CCN(CC)S(=O)(=O)c1ccc(Cl)c(C(=O)OCc2csc(C)n2)c1. The van der Waals surface area contributed by atoms with Gasteiger partial charge in [-0.2, -0.15) is 4.31 Å². The molecule has 136 valence electrons. The highest BCUT2D eigenvalue weighted by molar-refractivity contribution is 7.89. The van der Waals surface area contributed by atoms with Crippen LogP contribution in [0.3, 0.4) is 0 Å². The van der Waals surface area contributed by atoms with Gasteiger partial charge in [-0.3, -0.25) is 0 Å². The van der Waals surface area contributed by atoms with E-state index >= 15 is 0 Å². The molecule has 2 aromatic rings. The molecule has 0 aliphatic carbocycles. The van der Waals surface area contributed by atoms with E-state index in [4.69, 9.17) is 16.3 Å². The highest BCUT2D eigenvalue weighted by Crippen LogP contribution is 2.24. The largest absolute Gasteiger partial charge is 0.456 e. The van der Waals surface area contributed by atoms with Gasteiger partial charge in [-0.25, -0.2) is 18.2 Å². The summed E-state index contributed by atoms with van der Waals surface area (Å²) in [6, 6.07) is 4.03. The Hall–Kier alpha value is -1.48. The maximum atomic E-state index is 12.6. The van der Waals surface area contributed by atoms with Gasteiger partial charge in [-0.1, -0.05) is 25.4 Å². The van der Waals surface area contributed by atoms with Gasteiger partial charge < -0.3 is 4.74 Å². The van der Waals surface area contributed by atoms with Crippen LogP contribution in [0.2, 0.25) is 5.02 Å². The van der Waals surface area contributed by atoms with Gasteiger partial charge in [0, 0.05) is 18.5 Å². The number of carbonyl (C=O) groups is 1. The van der Waals surface area contributed by atoms with Crippen molar-refractivity contribution in [2.75, 3.05) is 13.1 Å². The van der Waals surface area contributed by atoms with Gasteiger partial charge in [-0.15, -0.1) is 11.3 Å². The zero-order valence-corrected chi connectivity index (χ0v) is 16.5. The molecular weight excluding hydrogens is 384 g/mol. The number of halogens is 1. The van der Waals surface area contributed by atoms with Crippen LogP contribution in [-0.4, -0.2) is 36.8 Å². The van der Waals surface area contributed by atoms with Crippen LogP contribution >= 0.6 is 22.9 Å². The summed E-state index contributed by atoms with van der Waals surface area (Å²) >= 11 is 7.51. The maximum Gasteiger partial charge on any atom is 0.340 e. The molecule has 0 fully saturated rings. The third kappa shape index (κ3) is 4.58.